The van der Waals surface area contributed by atoms with Crippen LogP contribution in [-0.2, 0) is 29.1 Å². The van der Waals surface area contributed by atoms with Crippen LogP contribution in [0.5, 0.6) is 17.4 Å². The second-order valence-electron chi connectivity index (χ2n) is 19.6. The van der Waals surface area contributed by atoms with E-state index in [9.17, 15) is 22.8 Å². The maximum atomic E-state index is 15.1. The van der Waals surface area contributed by atoms with Crippen LogP contribution in [0.3, 0.4) is 0 Å². The number of pyridine rings is 2. The van der Waals surface area contributed by atoms with Crippen LogP contribution in [0, 0.1) is 29.6 Å². The lowest BCUT2D eigenvalue weighted by Crippen LogP contribution is -2.59. The molecule has 4 aliphatic carbocycles. The summed E-state index contributed by atoms with van der Waals surface area (Å²) in [5, 5.41) is 6.63. The van der Waals surface area contributed by atoms with Gasteiger partial charge in [0.15, 0.2) is 0 Å². The molecule has 1 saturated heterocycles. The highest BCUT2D eigenvalue weighted by Gasteiger charge is 2.62. The molecule has 348 valence electrons. The van der Waals surface area contributed by atoms with Crippen molar-refractivity contribution in [2.24, 2.45) is 29.6 Å². The summed E-state index contributed by atoms with van der Waals surface area (Å²) in [5.41, 5.74) is -0.478. The number of nitrogens with zero attached hydrogens (tertiary/aromatic N) is 3. The zero-order valence-electron chi connectivity index (χ0n) is 37.7. The molecule has 17 heteroatoms. The lowest BCUT2D eigenvalue weighted by Gasteiger charge is -2.33. The highest BCUT2D eigenvalue weighted by atomic mass is 32.2. The molecule has 1 unspecified atom stereocenters. The number of nitrogens with one attached hydrogen (secondary N) is 3. The van der Waals surface area contributed by atoms with E-state index in [4.69, 9.17) is 23.9 Å². The summed E-state index contributed by atoms with van der Waals surface area (Å²) in [6.45, 7) is 7.84. The molecule has 65 heavy (non-hydrogen) atoms. The van der Waals surface area contributed by atoms with E-state index in [0.29, 0.717) is 65.8 Å². The average molecular weight is 913 g/mol. The highest BCUT2D eigenvalue weighted by molar-refractivity contribution is 7.91. The fourth-order valence-electron chi connectivity index (χ4n) is 10.1. The van der Waals surface area contributed by atoms with Crippen LogP contribution in [0.1, 0.15) is 91.9 Å². The number of sulfonamides is 1. The van der Waals surface area contributed by atoms with E-state index < -0.39 is 68.7 Å². The Kier molecular flexibility index (Phi) is 12.2. The van der Waals surface area contributed by atoms with Crippen LogP contribution in [0.2, 0.25) is 0 Å². The Bertz CT molecular complexity index is 2470. The lowest BCUT2D eigenvalue weighted by atomic mass is 9.88. The first-order valence-electron chi connectivity index (χ1n) is 23.2. The first-order chi connectivity index (χ1) is 31.1. The normalized spacial score (nSPS) is 31.6. The van der Waals surface area contributed by atoms with Gasteiger partial charge in [-0.1, -0.05) is 26.0 Å². The Balaban J connectivity index is 1.05. The van der Waals surface area contributed by atoms with E-state index in [0.717, 1.165) is 31.1 Å². The van der Waals surface area contributed by atoms with Crippen molar-refractivity contribution in [1.29, 1.82) is 0 Å². The van der Waals surface area contributed by atoms with Crippen LogP contribution in [0.4, 0.5) is 4.79 Å². The Morgan fingerprint density at radius 3 is 2.42 bits per heavy atom. The van der Waals surface area contributed by atoms with Crippen LogP contribution in [0.15, 0.2) is 54.7 Å². The predicted octanol–water partition coefficient (Wildman–Crippen LogP) is 5.83. The topological polar surface area (TPSA) is 204 Å². The second-order valence-corrected chi connectivity index (χ2v) is 21.5. The zero-order valence-corrected chi connectivity index (χ0v) is 38.5. The number of rotatable bonds is 11. The number of alkyl carbamates (subject to hydrolysis) is 1. The Morgan fingerprint density at radius 1 is 0.938 bits per heavy atom. The molecule has 2 aromatic heterocycles. The van der Waals surface area contributed by atoms with E-state index in [-0.39, 0.29) is 49.3 Å². The van der Waals surface area contributed by atoms with Crippen molar-refractivity contribution >= 4 is 44.6 Å². The van der Waals surface area contributed by atoms with E-state index in [1.54, 1.807) is 19.4 Å². The van der Waals surface area contributed by atoms with Crippen molar-refractivity contribution in [2.45, 2.75) is 133 Å². The van der Waals surface area contributed by atoms with Gasteiger partial charge in [0.25, 0.3) is 5.91 Å². The van der Waals surface area contributed by atoms with Crippen LogP contribution in [0.25, 0.3) is 22.2 Å². The van der Waals surface area contributed by atoms with Crippen molar-refractivity contribution in [3.63, 3.8) is 0 Å². The fraction of sp³-hybridized carbons (Fsp3) is 0.583. The van der Waals surface area contributed by atoms with Gasteiger partial charge >= 0.3 is 6.09 Å². The van der Waals surface area contributed by atoms with Crippen molar-refractivity contribution in [3.8, 4) is 28.8 Å². The third-order valence-corrected chi connectivity index (χ3v) is 15.8. The molecule has 3 aromatic rings. The maximum Gasteiger partial charge on any atom is 0.408 e. The summed E-state index contributed by atoms with van der Waals surface area (Å²) in [5.74, 6) is 0.0667. The van der Waals surface area contributed by atoms with Gasteiger partial charge in [0.05, 0.1) is 42.6 Å². The highest BCUT2D eigenvalue weighted by Crippen LogP contribution is 2.52. The van der Waals surface area contributed by atoms with E-state index >= 15 is 4.79 Å². The van der Waals surface area contributed by atoms with Gasteiger partial charge in [-0.15, -0.1) is 0 Å². The van der Waals surface area contributed by atoms with E-state index in [1.165, 1.54) is 4.90 Å². The molecule has 1 aromatic carbocycles. The smallest absolute Gasteiger partial charge is 0.408 e. The zero-order chi connectivity index (χ0) is 45.8. The van der Waals surface area contributed by atoms with Crippen LogP contribution in [-0.4, -0.2) is 102 Å². The average Bonchev–Trinajstić information content (AvgIpc) is 4.23. The predicted molar refractivity (Wildman–Crippen MR) is 240 cm³/mol. The molecule has 4 saturated carbocycles. The third kappa shape index (κ3) is 9.75. The van der Waals surface area contributed by atoms with Gasteiger partial charge in [-0.25, -0.2) is 18.2 Å². The Labute approximate surface area is 380 Å². The quantitative estimate of drug-likeness (QED) is 0.195. The first-order valence-corrected chi connectivity index (χ1v) is 24.7. The lowest BCUT2D eigenvalue weighted by molar-refractivity contribution is -0.142. The van der Waals surface area contributed by atoms with Crippen LogP contribution < -0.4 is 29.6 Å². The number of hydrogen-bond acceptors (Lipinski definition) is 12. The molecule has 4 amide bonds. The Hall–Kier alpha value is -5.45. The molecule has 10 atom stereocenters. The molecular weight excluding hydrogens is 853 g/mol. The number of carbonyl (C=O) groups is 4. The SMILES string of the molecule is COc1ccc2c(O[C@@H]3C[C@H]4C(=O)N[C@]5(C(=O)NS(=O)(=O)C6CC6)CC5/C=C\CC[C@H](C)C[C@@H](C)[C@H](NC(=O)O[C@@H]5C[C@@H]6C[C@@H]6C5)C(=O)N4C3)nc(-c3ccc(OC(C)C)cn3)cc2c1. The van der Waals surface area contributed by atoms with E-state index in [1.807, 2.05) is 63.3 Å². The third-order valence-electron chi connectivity index (χ3n) is 14.0. The number of hydrogen-bond donors (Lipinski definition) is 3. The van der Waals surface area contributed by atoms with Gasteiger partial charge in [-0.3, -0.25) is 24.1 Å². The number of allylic oxidation sites excluding steroid dienone is 1. The largest absolute Gasteiger partial charge is 0.497 e. The summed E-state index contributed by atoms with van der Waals surface area (Å²) in [4.78, 5) is 68.6. The molecule has 3 N–H and O–H groups in total. The molecule has 4 heterocycles. The minimum Gasteiger partial charge on any atom is -0.497 e. The molecule has 0 spiro atoms. The summed E-state index contributed by atoms with van der Waals surface area (Å²) < 4.78 is 52.4. The standard InChI is InChI=1S/C48H60N6O10S/c1-26(2)62-34-11-15-39(49-24-34)40-21-31-20-33(61-5)10-14-38(31)44(50-40)63-36-22-41-43(55)52-48(46(57)53-65(59,60)37-12-13-37)23-32(48)9-7-6-8-27(3)16-28(4)42(45(56)54(41)25-36)51-47(58)64-35-18-29-17-30(29)19-35/h7,9-11,14-15,20-21,24,26-30,32,35-37,41-42H,6,8,12-13,16-19,22-23,25H2,1-5H3,(H,51,58)(H,52,55)(H,53,57)/b9-7-/t27-,28+,29-,30+,32?,35+,36+,41-,42-,48+/m0/s1. The maximum absolute atomic E-state index is 15.1. The molecule has 0 radical (unpaired) electrons. The number of amides is 4. The van der Waals surface area contributed by atoms with Crippen LogP contribution >= 0.6 is 0 Å². The van der Waals surface area contributed by atoms with Crippen molar-refractivity contribution in [1.82, 2.24) is 30.2 Å². The molecule has 0 bridgehead atoms. The molecule has 2 aliphatic heterocycles. The van der Waals surface area contributed by atoms with Gasteiger partial charge in [0.2, 0.25) is 27.7 Å². The van der Waals surface area contributed by atoms with Crippen molar-refractivity contribution < 1.29 is 46.5 Å². The summed E-state index contributed by atoms with van der Waals surface area (Å²) >= 11 is 0. The molecular formula is C48H60N6O10S. The number of fused-ring (bicyclic) bond motifs is 4. The number of benzene rings is 1. The molecule has 9 rings (SSSR count). The van der Waals surface area contributed by atoms with Gasteiger partial charge < -0.3 is 34.5 Å². The molecule has 6 aliphatic rings. The fourth-order valence-corrected chi connectivity index (χ4v) is 11.5. The minimum atomic E-state index is -3.93. The summed E-state index contributed by atoms with van der Waals surface area (Å²) in [6.07, 6.45) is 9.75. The second kappa shape index (κ2) is 17.7. The Morgan fingerprint density at radius 2 is 1.71 bits per heavy atom. The van der Waals surface area contributed by atoms with Gasteiger partial charge in [0.1, 0.15) is 41.3 Å². The molecule has 5 fully saturated rings. The molecule has 16 nitrogen and oxygen atoms in total. The van der Waals surface area contributed by atoms with Gasteiger partial charge in [-0.05, 0) is 137 Å². The van der Waals surface area contributed by atoms with Gasteiger partial charge in [-0.2, -0.15) is 0 Å². The monoisotopic (exact) mass is 912 g/mol. The van der Waals surface area contributed by atoms with E-state index in [2.05, 4.69) is 27.3 Å². The number of methoxy groups -OCH3 is 1. The summed E-state index contributed by atoms with van der Waals surface area (Å²) in [7, 11) is -2.35. The first kappa shape index (κ1) is 44.7. The number of carbonyl (C=O) groups excluding carboxylic acids is 4. The number of aromatic nitrogens is 2. The minimum absolute atomic E-state index is 0.00595. The summed E-state index contributed by atoms with van der Waals surface area (Å²) in [6, 6.07) is 8.79. The van der Waals surface area contributed by atoms with Crippen molar-refractivity contribution in [2.75, 3.05) is 13.7 Å². The van der Waals surface area contributed by atoms with Crippen molar-refractivity contribution in [3.05, 3.63) is 54.7 Å². The number of ether oxygens (including phenoxy) is 4. The van der Waals surface area contributed by atoms with Gasteiger partial charge in [0, 0.05) is 17.7 Å².